The highest BCUT2D eigenvalue weighted by Gasteiger charge is 2.14. The van der Waals surface area contributed by atoms with Crippen LogP contribution in [0.25, 0.3) is 11.2 Å². The second-order valence-electron chi connectivity index (χ2n) is 4.93. The second-order valence-corrected chi connectivity index (χ2v) is 5.27. The molecular weight excluding hydrogens is 288 g/mol. The van der Waals surface area contributed by atoms with Crippen molar-refractivity contribution in [2.75, 3.05) is 5.32 Å². The van der Waals surface area contributed by atoms with Crippen LogP contribution in [0.2, 0.25) is 5.28 Å². The van der Waals surface area contributed by atoms with Crippen molar-refractivity contribution in [1.29, 1.82) is 0 Å². The van der Waals surface area contributed by atoms with Gasteiger partial charge in [-0.2, -0.15) is 9.97 Å². The molecule has 0 radical (unpaired) electrons. The van der Waals surface area contributed by atoms with E-state index in [1.807, 2.05) is 22.8 Å². The number of hydrogen-bond acceptors (Lipinski definition) is 5. The Morgan fingerprint density at radius 1 is 1.24 bits per heavy atom. The van der Waals surface area contributed by atoms with E-state index in [0.29, 0.717) is 18.0 Å². The summed E-state index contributed by atoms with van der Waals surface area (Å²) in [6.45, 7) is 4.73. The Morgan fingerprint density at radius 2 is 2.10 bits per heavy atom. The number of pyridine rings is 1. The summed E-state index contributed by atoms with van der Waals surface area (Å²) < 4.78 is 2.02. The zero-order valence-corrected chi connectivity index (χ0v) is 12.5. The van der Waals surface area contributed by atoms with E-state index in [2.05, 4.69) is 39.1 Å². The predicted octanol–water partition coefficient (Wildman–Crippen LogP) is 3.07. The first-order valence-electron chi connectivity index (χ1n) is 6.69. The summed E-state index contributed by atoms with van der Waals surface area (Å²) in [6, 6.07) is 6.05. The van der Waals surface area contributed by atoms with Crippen molar-refractivity contribution in [1.82, 2.24) is 24.5 Å². The molecule has 108 valence electrons. The number of nitrogens with zero attached hydrogens (tertiary/aromatic N) is 5. The van der Waals surface area contributed by atoms with Gasteiger partial charge < -0.3 is 9.88 Å². The van der Waals surface area contributed by atoms with E-state index >= 15 is 0 Å². The molecule has 0 spiro atoms. The van der Waals surface area contributed by atoms with Crippen LogP contribution in [-0.2, 0) is 6.54 Å². The van der Waals surface area contributed by atoms with Gasteiger partial charge in [0.15, 0.2) is 11.5 Å². The maximum absolute atomic E-state index is 5.97. The topological polar surface area (TPSA) is 68.5 Å². The Hall–Kier alpha value is -2.21. The van der Waals surface area contributed by atoms with Crippen LogP contribution in [0.1, 0.15) is 25.6 Å². The molecule has 0 saturated carbocycles. The van der Waals surface area contributed by atoms with E-state index in [0.717, 1.165) is 11.2 Å². The van der Waals surface area contributed by atoms with E-state index in [9.17, 15) is 0 Å². The predicted molar refractivity (Wildman–Crippen MR) is 82.3 cm³/mol. The lowest BCUT2D eigenvalue weighted by molar-refractivity contribution is 0.617. The zero-order chi connectivity index (χ0) is 14.8. The summed E-state index contributed by atoms with van der Waals surface area (Å²) in [4.78, 5) is 17.0. The Morgan fingerprint density at radius 3 is 2.81 bits per heavy atom. The van der Waals surface area contributed by atoms with Crippen molar-refractivity contribution in [3.8, 4) is 0 Å². The van der Waals surface area contributed by atoms with Gasteiger partial charge in [0.1, 0.15) is 5.52 Å². The number of nitrogens with one attached hydrogen (secondary N) is 1. The molecule has 0 fully saturated rings. The Labute approximate surface area is 127 Å². The second kappa shape index (κ2) is 5.65. The first kappa shape index (κ1) is 13.8. The molecule has 3 aromatic rings. The molecule has 3 aromatic heterocycles. The van der Waals surface area contributed by atoms with Crippen LogP contribution in [0.4, 0.5) is 5.82 Å². The molecule has 1 N–H and O–H groups in total. The van der Waals surface area contributed by atoms with Gasteiger partial charge in [0.2, 0.25) is 5.28 Å². The fourth-order valence-electron chi connectivity index (χ4n) is 2.11. The molecule has 0 aliphatic rings. The fraction of sp³-hybridized carbons (Fsp3) is 0.286. The molecule has 21 heavy (non-hydrogen) atoms. The number of anilines is 1. The van der Waals surface area contributed by atoms with Crippen molar-refractivity contribution >= 4 is 28.6 Å². The van der Waals surface area contributed by atoms with Gasteiger partial charge in [-0.3, -0.25) is 4.98 Å². The van der Waals surface area contributed by atoms with Crippen molar-refractivity contribution in [2.45, 2.75) is 26.4 Å². The number of halogens is 1. The molecule has 0 atom stereocenters. The Bertz CT molecular complexity index is 753. The standard InChI is InChI=1S/C14H15ClN6/c1-9(2)21-8-18-13-11(21)12(19-14(15)20-13)17-7-10-5-3-4-6-16-10/h3-6,8-9H,7H2,1-2H3,(H,17,19,20). The molecule has 0 unspecified atom stereocenters. The molecule has 0 saturated heterocycles. The highest BCUT2D eigenvalue weighted by molar-refractivity contribution is 6.28. The number of hydrogen-bond donors (Lipinski definition) is 1. The van der Waals surface area contributed by atoms with E-state index in [1.165, 1.54) is 0 Å². The number of aromatic nitrogens is 5. The van der Waals surface area contributed by atoms with Crippen LogP contribution in [0.15, 0.2) is 30.7 Å². The smallest absolute Gasteiger partial charge is 0.226 e. The van der Waals surface area contributed by atoms with E-state index in [-0.39, 0.29) is 11.3 Å². The first-order chi connectivity index (χ1) is 10.1. The van der Waals surface area contributed by atoms with Crippen LogP contribution in [0.5, 0.6) is 0 Å². The summed E-state index contributed by atoms with van der Waals surface area (Å²) in [5.74, 6) is 0.668. The highest BCUT2D eigenvalue weighted by Crippen LogP contribution is 2.24. The number of imidazole rings is 1. The Kier molecular flexibility index (Phi) is 3.70. The monoisotopic (exact) mass is 302 g/mol. The Balaban J connectivity index is 1.98. The third-order valence-electron chi connectivity index (χ3n) is 3.12. The van der Waals surface area contributed by atoms with Crippen molar-refractivity contribution in [3.63, 3.8) is 0 Å². The van der Waals surface area contributed by atoms with Gasteiger partial charge in [0, 0.05) is 12.2 Å². The summed E-state index contributed by atoms with van der Waals surface area (Å²) in [6.07, 6.45) is 3.52. The molecule has 0 aromatic carbocycles. The summed E-state index contributed by atoms with van der Waals surface area (Å²) >= 11 is 5.97. The minimum absolute atomic E-state index is 0.181. The SMILES string of the molecule is CC(C)n1cnc2nc(Cl)nc(NCc3ccccn3)c21. The zero-order valence-electron chi connectivity index (χ0n) is 11.8. The van der Waals surface area contributed by atoms with Gasteiger partial charge in [0.25, 0.3) is 0 Å². The summed E-state index contributed by atoms with van der Waals surface area (Å²) in [7, 11) is 0. The maximum atomic E-state index is 5.97. The third kappa shape index (κ3) is 2.80. The van der Waals surface area contributed by atoms with E-state index in [4.69, 9.17) is 11.6 Å². The van der Waals surface area contributed by atoms with Crippen molar-refractivity contribution < 1.29 is 0 Å². The molecular formula is C14H15ClN6. The van der Waals surface area contributed by atoms with Gasteiger partial charge in [-0.1, -0.05) is 6.07 Å². The molecule has 0 amide bonds. The average Bonchev–Trinajstić information content (AvgIpc) is 2.89. The molecule has 0 aliphatic heterocycles. The van der Waals surface area contributed by atoms with Crippen LogP contribution < -0.4 is 5.32 Å². The lowest BCUT2D eigenvalue weighted by Crippen LogP contribution is -2.07. The summed E-state index contributed by atoms with van der Waals surface area (Å²) in [5.41, 5.74) is 2.37. The summed E-state index contributed by atoms with van der Waals surface area (Å²) in [5, 5.41) is 3.45. The number of fused-ring (bicyclic) bond motifs is 1. The van der Waals surface area contributed by atoms with E-state index in [1.54, 1.807) is 12.5 Å². The largest absolute Gasteiger partial charge is 0.362 e. The first-order valence-corrected chi connectivity index (χ1v) is 7.07. The maximum Gasteiger partial charge on any atom is 0.226 e. The highest BCUT2D eigenvalue weighted by atomic mass is 35.5. The minimum Gasteiger partial charge on any atom is -0.362 e. The van der Waals surface area contributed by atoms with Gasteiger partial charge in [-0.05, 0) is 37.6 Å². The van der Waals surface area contributed by atoms with Gasteiger partial charge in [-0.15, -0.1) is 0 Å². The molecule has 7 heteroatoms. The molecule has 6 nitrogen and oxygen atoms in total. The lowest BCUT2D eigenvalue weighted by atomic mass is 10.3. The lowest BCUT2D eigenvalue weighted by Gasteiger charge is -2.12. The van der Waals surface area contributed by atoms with Crippen molar-refractivity contribution in [2.24, 2.45) is 0 Å². The average molecular weight is 303 g/mol. The van der Waals surface area contributed by atoms with Gasteiger partial charge in [-0.25, -0.2) is 4.98 Å². The normalized spacial score (nSPS) is 11.2. The van der Waals surface area contributed by atoms with Crippen LogP contribution >= 0.6 is 11.6 Å². The van der Waals surface area contributed by atoms with E-state index < -0.39 is 0 Å². The molecule has 0 aliphatic carbocycles. The fourth-order valence-corrected chi connectivity index (χ4v) is 2.28. The minimum atomic E-state index is 0.181. The number of rotatable bonds is 4. The molecule has 3 rings (SSSR count). The van der Waals surface area contributed by atoms with Crippen LogP contribution in [0.3, 0.4) is 0 Å². The molecule has 3 heterocycles. The van der Waals surface area contributed by atoms with Crippen molar-refractivity contribution in [3.05, 3.63) is 41.7 Å². The van der Waals surface area contributed by atoms with Crippen LogP contribution in [0, 0.1) is 0 Å². The molecule has 0 bridgehead atoms. The van der Waals surface area contributed by atoms with Gasteiger partial charge >= 0.3 is 0 Å². The third-order valence-corrected chi connectivity index (χ3v) is 3.29. The quantitative estimate of drug-likeness (QED) is 0.750. The van der Waals surface area contributed by atoms with Gasteiger partial charge in [0.05, 0.1) is 18.6 Å². The van der Waals surface area contributed by atoms with Crippen LogP contribution in [-0.4, -0.2) is 24.5 Å².